The third-order valence-electron chi connectivity index (χ3n) is 5.71. The molecule has 2 aromatic heterocycles. The van der Waals surface area contributed by atoms with Gasteiger partial charge < -0.3 is 20.4 Å². The maximum absolute atomic E-state index is 8.86. The fourth-order valence-corrected chi connectivity index (χ4v) is 3.91. The number of rotatable bonds is 6. The van der Waals surface area contributed by atoms with Gasteiger partial charge in [0.2, 0.25) is 5.95 Å². The standard InChI is InChI=1S/C22H28N8/c1-29-11-13-30(14-12-29)19-8-9-20(24-16-19)27-22-25-15-17(5-4-10-23)21(28-22)26-18-6-2-3-7-18/h4-5,8-9,15-16,18H,2-3,6-7,11-14H2,1H3,(H2,24,25,26,27,28)/b5-4+. The zero-order valence-corrected chi connectivity index (χ0v) is 17.4. The van der Waals surface area contributed by atoms with E-state index >= 15 is 0 Å². The largest absolute Gasteiger partial charge is 0.368 e. The summed E-state index contributed by atoms with van der Waals surface area (Å²) >= 11 is 0. The first-order valence-corrected chi connectivity index (χ1v) is 10.6. The minimum absolute atomic E-state index is 0.419. The van der Waals surface area contributed by atoms with Gasteiger partial charge in [-0.05, 0) is 38.1 Å². The van der Waals surface area contributed by atoms with Crippen LogP contribution in [0.2, 0.25) is 0 Å². The van der Waals surface area contributed by atoms with E-state index in [9.17, 15) is 0 Å². The molecule has 8 nitrogen and oxygen atoms in total. The summed E-state index contributed by atoms with van der Waals surface area (Å²) in [6.45, 7) is 4.16. The third kappa shape index (κ3) is 5.05. The first-order chi connectivity index (χ1) is 14.7. The lowest BCUT2D eigenvalue weighted by Gasteiger charge is -2.33. The van der Waals surface area contributed by atoms with E-state index in [1.54, 1.807) is 12.3 Å². The lowest BCUT2D eigenvalue weighted by atomic mass is 10.2. The molecule has 1 aliphatic heterocycles. The Morgan fingerprint density at radius 1 is 1.10 bits per heavy atom. The van der Waals surface area contributed by atoms with Gasteiger partial charge in [-0.15, -0.1) is 0 Å². The van der Waals surface area contributed by atoms with Gasteiger partial charge in [-0.25, -0.2) is 9.97 Å². The Balaban J connectivity index is 1.46. The van der Waals surface area contributed by atoms with Crippen LogP contribution in [0.5, 0.6) is 0 Å². The van der Waals surface area contributed by atoms with E-state index in [1.165, 1.54) is 18.9 Å². The Labute approximate surface area is 177 Å². The predicted octanol–water partition coefficient (Wildman–Crippen LogP) is 3.26. The van der Waals surface area contributed by atoms with Crippen molar-refractivity contribution in [2.45, 2.75) is 31.7 Å². The minimum Gasteiger partial charge on any atom is -0.368 e. The molecular weight excluding hydrogens is 376 g/mol. The van der Waals surface area contributed by atoms with E-state index in [1.807, 2.05) is 18.3 Å². The van der Waals surface area contributed by atoms with Crippen LogP contribution in [0.25, 0.3) is 6.08 Å². The number of aromatic nitrogens is 3. The molecule has 0 atom stereocenters. The lowest BCUT2D eigenvalue weighted by molar-refractivity contribution is 0.313. The van der Waals surface area contributed by atoms with Gasteiger partial charge in [0.05, 0.1) is 18.0 Å². The van der Waals surface area contributed by atoms with E-state index in [4.69, 9.17) is 5.26 Å². The van der Waals surface area contributed by atoms with Crippen molar-refractivity contribution in [3.05, 3.63) is 36.2 Å². The molecule has 0 amide bonds. The first-order valence-electron chi connectivity index (χ1n) is 10.6. The molecule has 2 aromatic rings. The van der Waals surface area contributed by atoms with Crippen molar-refractivity contribution in [2.24, 2.45) is 0 Å². The molecule has 8 heteroatoms. The van der Waals surface area contributed by atoms with Crippen molar-refractivity contribution in [3.8, 4) is 6.07 Å². The predicted molar refractivity (Wildman–Crippen MR) is 120 cm³/mol. The van der Waals surface area contributed by atoms with Crippen molar-refractivity contribution in [1.29, 1.82) is 5.26 Å². The van der Waals surface area contributed by atoms with Crippen LogP contribution in [-0.2, 0) is 0 Å². The number of nitriles is 1. The Bertz CT molecular complexity index is 904. The highest BCUT2D eigenvalue weighted by Crippen LogP contribution is 2.25. The molecule has 1 saturated carbocycles. The zero-order valence-electron chi connectivity index (χ0n) is 17.4. The second-order valence-corrected chi connectivity index (χ2v) is 7.90. The number of nitrogens with zero attached hydrogens (tertiary/aromatic N) is 6. The van der Waals surface area contributed by atoms with E-state index < -0.39 is 0 Å². The van der Waals surface area contributed by atoms with Crippen LogP contribution >= 0.6 is 0 Å². The van der Waals surface area contributed by atoms with Gasteiger partial charge in [0.25, 0.3) is 0 Å². The Hall–Kier alpha value is -3.18. The van der Waals surface area contributed by atoms with Crippen LogP contribution < -0.4 is 15.5 Å². The molecule has 0 bridgehead atoms. The van der Waals surface area contributed by atoms with E-state index in [0.29, 0.717) is 17.8 Å². The molecule has 2 N–H and O–H groups in total. The molecule has 30 heavy (non-hydrogen) atoms. The molecule has 0 radical (unpaired) electrons. The van der Waals surface area contributed by atoms with Gasteiger partial charge in [-0.1, -0.05) is 12.8 Å². The zero-order chi connectivity index (χ0) is 20.8. The number of likely N-dealkylation sites (N-methyl/N-ethyl adjacent to an activating group) is 1. The van der Waals surface area contributed by atoms with Crippen LogP contribution in [0.3, 0.4) is 0 Å². The van der Waals surface area contributed by atoms with E-state index in [-0.39, 0.29) is 0 Å². The van der Waals surface area contributed by atoms with Crippen molar-refractivity contribution >= 4 is 29.3 Å². The van der Waals surface area contributed by atoms with Gasteiger partial charge in [-0.3, -0.25) is 0 Å². The van der Waals surface area contributed by atoms with Gasteiger partial charge in [0.15, 0.2) is 0 Å². The fourth-order valence-electron chi connectivity index (χ4n) is 3.91. The molecule has 1 saturated heterocycles. The summed E-state index contributed by atoms with van der Waals surface area (Å²) in [5.41, 5.74) is 1.95. The molecule has 4 rings (SSSR count). The first kappa shape index (κ1) is 20.1. The summed E-state index contributed by atoms with van der Waals surface area (Å²) < 4.78 is 0. The topological polar surface area (TPSA) is 93.0 Å². The summed E-state index contributed by atoms with van der Waals surface area (Å²) in [7, 11) is 2.15. The summed E-state index contributed by atoms with van der Waals surface area (Å²) in [5.74, 6) is 1.95. The van der Waals surface area contributed by atoms with Crippen molar-refractivity contribution in [3.63, 3.8) is 0 Å². The Morgan fingerprint density at radius 2 is 1.90 bits per heavy atom. The van der Waals surface area contributed by atoms with Crippen molar-refractivity contribution in [1.82, 2.24) is 19.9 Å². The van der Waals surface area contributed by atoms with Crippen LogP contribution in [0.4, 0.5) is 23.3 Å². The molecule has 0 spiro atoms. The third-order valence-corrected chi connectivity index (χ3v) is 5.71. The molecule has 156 valence electrons. The quantitative estimate of drug-likeness (QED) is 0.709. The van der Waals surface area contributed by atoms with Crippen LogP contribution in [0.15, 0.2) is 30.6 Å². The second-order valence-electron chi connectivity index (χ2n) is 7.90. The summed E-state index contributed by atoms with van der Waals surface area (Å²) in [6, 6.07) is 6.50. The highest BCUT2D eigenvalue weighted by molar-refractivity contribution is 5.66. The summed E-state index contributed by atoms with van der Waals surface area (Å²) in [5, 5.41) is 15.6. The Morgan fingerprint density at radius 3 is 2.60 bits per heavy atom. The molecule has 2 aliphatic rings. The molecule has 1 aliphatic carbocycles. The van der Waals surface area contributed by atoms with Crippen molar-refractivity contribution in [2.75, 3.05) is 48.8 Å². The SMILES string of the molecule is CN1CCN(c2ccc(Nc3ncc(/C=C/C#N)c(NC4CCCC4)n3)nc2)CC1. The van der Waals surface area contributed by atoms with Crippen LogP contribution in [0.1, 0.15) is 31.2 Å². The molecule has 0 aromatic carbocycles. The summed E-state index contributed by atoms with van der Waals surface area (Å²) in [4.78, 5) is 18.3. The monoisotopic (exact) mass is 404 g/mol. The highest BCUT2D eigenvalue weighted by atomic mass is 15.3. The normalized spacial score (nSPS) is 17.9. The number of pyridine rings is 1. The number of hydrogen-bond donors (Lipinski definition) is 2. The summed E-state index contributed by atoms with van der Waals surface area (Å²) in [6.07, 6.45) is 11.6. The Kier molecular flexibility index (Phi) is 6.40. The van der Waals surface area contributed by atoms with E-state index in [2.05, 4.69) is 48.5 Å². The maximum atomic E-state index is 8.86. The number of piperazine rings is 1. The lowest BCUT2D eigenvalue weighted by Crippen LogP contribution is -2.44. The second kappa shape index (κ2) is 9.55. The van der Waals surface area contributed by atoms with Crippen LogP contribution in [0, 0.1) is 11.3 Å². The number of hydrogen-bond acceptors (Lipinski definition) is 8. The minimum atomic E-state index is 0.419. The fraction of sp³-hybridized carbons (Fsp3) is 0.455. The van der Waals surface area contributed by atoms with Gasteiger partial charge in [-0.2, -0.15) is 10.2 Å². The molecule has 0 unspecified atom stereocenters. The number of anilines is 4. The molecule has 3 heterocycles. The van der Waals surface area contributed by atoms with Crippen molar-refractivity contribution < 1.29 is 0 Å². The van der Waals surface area contributed by atoms with Gasteiger partial charge >= 0.3 is 0 Å². The molecule has 2 fully saturated rings. The van der Waals surface area contributed by atoms with Gasteiger partial charge in [0.1, 0.15) is 11.6 Å². The number of nitrogens with one attached hydrogen (secondary N) is 2. The van der Waals surface area contributed by atoms with Gasteiger partial charge in [0, 0.05) is 50.1 Å². The number of allylic oxidation sites excluding steroid dienone is 1. The highest BCUT2D eigenvalue weighted by Gasteiger charge is 2.17. The average Bonchev–Trinajstić information content (AvgIpc) is 3.28. The average molecular weight is 405 g/mol. The maximum Gasteiger partial charge on any atom is 0.230 e. The van der Waals surface area contributed by atoms with Crippen LogP contribution in [-0.4, -0.2) is 59.1 Å². The smallest absolute Gasteiger partial charge is 0.230 e. The molecular formula is C22H28N8. The van der Waals surface area contributed by atoms with E-state index in [0.717, 1.165) is 56.1 Å².